The van der Waals surface area contributed by atoms with Gasteiger partial charge in [-0.2, -0.15) is 24.4 Å². The van der Waals surface area contributed by atoms with E-state index in [2.05, 4.69) is 25.4 Å². The molecule has 0 saturated carbocycles. The first-order valence-corrected chi connectivity index (χ1v) is 12.1. The Labute approximate surface area is 210 Å². The summed E-state index contributed by atoms with van der Waals surface area (Å²) in [5.74, 6) is -1.69. The van der Waals surface area contributed by atoms with Crippen LogP contribution in [0.5, 0.6) is 5.75 Å². The summed E-state index contributed by atoms with van der Waals surface area (Å²) in [6.45, 7) is 0.702. The molecule has 0 radical (unpaired) electrons. The standard InChI is InChI=1S/C24H24ClF2N7O2/c25-8-10-35-18-7-6-16(20(26)21(18)27)12-29-24-32-22(31-23(28)33-24)14-4-5-15-13-30-34(17(15)11-14)19-3-1-2-9-36-19/h4-7,11,13,19H,1-3,8-10,12H2,(H3,28,29,31,32,33). The Balaban J connectivity index is 1.38. The van der Waals surface area contributed by atoms with E-state index < -0.39 is 11.6 Å². The average Bonchev–Trinajstić information content (AvgIpc) is 3.32. The SMILES string of the molecule is Nc1nc(NCc2ccc(OCCCl)c(F)c2F)nc(-c2ccc3cnn(C4CCCCO4)c3c2)n1. The molecule has 0 aliphatic carbocycles. The first-order chi connectivity index (χ1) is 17.5. The number of hydrogen-bond donors (Lipinski definition) is 2. The van der Waals surface area contributed by atoms with Crippen molar-refractivity contribution in [2.45, 2.75) is 32.0 Å². The van der Waals surface area contributed by atoms with Crippen LogP contribution in [0.1, 0.15) is 31.1 Å². The Morgan fingerprint density at radius 3 is 2.83 bits per heavy atom. The average molecular weight is 516 g/mol. The number of hydrogen-bond acceptors (Lipinski definition) is 8. The molecule has 0 spiro atoms. The minimum atomic E-state index is -1.08. The van der Waals surface area contributed by atoms with Crippen molar-refractivity contribution in [3.8, 4) is 17.1 Å². The third-order valence-corrected chi connectivity index (χ3v) is 5.99. The fourth-order valence-electron chi connectivity index (χ4n) is 4.07. The Bertz CT molecular complexity index is 1380. The lowest BCUT2D eigenvalue weighted by molar-refractivity contribution is -0.0366. The Morgan fingerprint density at radius 2 is 2.03 bits per heavy atom. The predicted octanol–water partition coefficient (Wildman–Crippen LogP) is 4.68. The molecule has 1 fully saturated rings. The predicted molar refractivity (Wildman–Crippen MR) is 132 cm³/mol. The minimum Gasteiger partial charge on any atom is -0.489 e. The van der Waals surface area contributed by atoms with Crippen molar-refractivity contribution in [3.05, 3.63) is 53.7 Å². The van der Waals surface area contributed by atoms with E-state index in [1.54, 1.807) is 6.20 Å². The van der Waals surface area contributed by atoms with Gasteiger partial charge in [-0.3, -0.25) is 0 Å². The normalized spacial score (nSPS) is 15.8. The lowest BCUT2D eigenvalue weighted by Gasteiger charge is -2.23. The molecule has 36 heavy (non-hydrogen) atoms. The van der Waals surface area contributed by atoms with Gasteiger partial charge in [0.15, 0.2) is 23.6 Å². The molecule has 2 aromatic carbocycles. The summed E-state index contributed by atoms with van der Waals surface area (Å²) in [5, 5.41) is 8.36. The van der Waals surface area contributed by atoms with Crippen molar-refractivity contribution in [3.63, 3.8) is 0 Å². The number of benzene rings is 2. The second-order valence-corrected chi connectivity index (χ2v) is 8.64. The molecular formula is C24H24ClF2N7O2. The van der Waals surface area contributed by atoms with Gasteiger partial charge < -0.3 is 20.5 Å². The van der Waals surface area contributed by atoms with Crippen LogP contribution in [-0.4, -0.2) is 43.8 Å². The highest BCUT2D eigenvalue weighted by molar-refractivity contribution is 6.18. The molecule has 1 aliphatic heterocycles. The molecule has 3 N–H and O–H groups in total. The van der Waals surface area contributed by atoms with Crippen molar-refractivity contribution in [1.29, 1.82) is 0 Å². The largest absolute Gasteiger partial charge is 0.489 e. The number of anilines is 2. The van der Waals surface area contributed by atoms with Gasteiger partial charge in [0, 0.05) is 29.7 Å². The van der Waals surface area contributed by atoms with E-state index in [0.717, 1.165) is 30.2 Å². The summed E-state index contributed by atoms with van der Waals surface area (Å²) in [6, 6.07) is 8.49. The Hall–Kier alpha value is -3.57. The van der Waals surface area contributed by atoms with Crippen LogP contribution in [0.25, 0.3) is 22.3 Å². The number of rotatable bonds is 8. The molecule has 4 aromatic rings. The topological polar surface area (TPSA) is 113 Å². The third-order valence-electron chi connectivity index (χ3n) is 5.84. The molecule has 0 amide bonds. The first kappa shape index (κ1) is 24.1. The van der Waals surface area contributed by atoms with E-state index in [4.69, 9.17) is 26.8 Å². The van der Waals surface area contributed by atoms with Crippen LogP contribution in [0, 0.1) is 11.6 Å². The van der Waals surface area contributed by atoms with Gasteiger partial charge in [0.1, 0.15) is 6.61 Å². The van der Waals surface area contributed by atoms with Crippen LogP contribution >= 0.6 is 11.6 Å². The Morgan fingerprint density at radius 1 is 1.14 bits per heavy atom. The van der Waals surface area contributed by atoms with Gasteiger partial charge in [0.05, 0.1) is 17.6 Å². The van der Waals surface area contributed by atoms with E-state index in [-0.39, 0.29) is 48.5 Å². The van der Waals surface area contributed by atoms with Gasteiger partial charge in [-0.25, -0.2) is 9.07 Å². The van der Waals surface area contributed by atoms with Crippen molar-refractivity contribution >= 4 is 34.4 Å². The van der Waals surface area contributed by atoms with Crippen molar-refractivity contribution < 1.29 is 18.3 Å². The summed E-state index contributed by atoms with van der Waals surface area (Å²) in [6.07, 6.45) is 4.70. The second kappa shape index (κ2) is 10.6. The van der Waals surface area contributed by atoms with Crippen LogP contribution < -0.4 is 15.8 Å². The fraction of sp³-hybridized carbons (Fsp3) is 0.333. The molecule has 1 unspecified atom stereocenters. The molecule has 1 aliphatic rings. The summed E-state index contributed by atoms with van der Waals surface area (Å²) in [7, 11) is 0. The molecule has 2 aromatic heterocycles. The van der Waals surface area contributed by atoms with Crippen LogP contribution in [0.4, 0.5) is 20.7 Å². The number of ether oxygens (including phenoxy) is 2. The molecule has 1 atom stereocenters. The number of nitrogens with zero attached hydrogens (tertiary/aromatic N) is 5. The van der Waals surface area contributed by atoms with E-state index in [0.29, 0.717) is 18.0 Å². The van der Waals surface area contributed by atoms with Gasteiger partial charge in [-0.05, 0) is 31.4 Å². The van der Waals surface area contributed by atoms with Crippen LogP contribution in [0.2, 0.25) is 0 Å². The van der Waals surface area contributed by atoms with Crippen LogP contribution in [-0.2, 0) is 11.3 Å². The number of fused-ring (bicyclic) bond motifs is 1. The van der Waals surface area contributed by atoms with Crippen LogP contribution in [0.3, 0.4) is 0 Å². The zero-order valence-electron chi connectivity index (χ0n) is 19.3. The van der Waals surface area contributed by atoms with Crippen LogP contribution in [0.15, 0.2) is 36.5 Å². The van der Waals surface area contributed by atoms with E-state index in [9.17, 15) is 8.78 Å². The maximum atomic E-state index is 14.5. The summed E-state index contributed by atoms with van der Waals surface area (Å²) < 4.78 is 41.7. The zero-order valence-corrected chi connectivity index (χ0v) is 20.0. The maximum Gasteiger partial charge on any atom is 0.228 e. The molecule has 188 valence electrons. The molecule has 0 bridgehead atoms. The second-order valence-electron chi connectivity index (χ2n) is 8.27. The molecule has 1 saturated heterocycles. The summed E-state index contributed by atoms with van der Waals surface area (Å²) in [5.41, 5.74) is 7.59. The van der Waals surface area contributed by atoms with E-state index >= 15 is 0 Å². The number of nitrogens with one attached hydrogen (secondary N) is 1. The van der Waals surface area contributed by atoms with Gasteiger partial charge in [0.2, 0.25) is 17.7 Å². The number of alkyl halides is 1. The molecule has 12 heteroatoms. The molecule has 9 nitrogen and oxygen atoms in total. The van der Waals surface area contributed by atoms with E-state index in [1.807, 2.05) is 22.9 Å². The molecule has 3 heterocycles. The lowest BCUT2D eigenvalue weighted by atomic mass is 10.1. The lowest BCUT2D eigenvalue weighted by Crippen LogP contribution is -2.18. The van der Waals surface area contributed by atoms with Gasteiger partial charge in [0.25, 0.3) is 0 Å². The van der Waals surface area contributed by atoms with Gasteiger partial charge in [-0.1, -0.05) is 18.2 Å². The maximum absolute atomic E-state index is 14.5. The number of aromatic nitrogens is 5. The van der Waals surface area contributed by atoms with Gasteiger partial charge in [-0.15, -0.1) is 11.6 Å². The third kappa shape index (κ3) is 5.02. The summed E-state index contributed by atoms with van der Waals surface area (Å²) >= 11 is 5.54. The number of nitrogen functional groups attached to an aromatic ring is 1. The number of nitrogens with two attached hydrogens (primary N) is 1. The number of halogens is 3. The highest BCUT2D eigenvalue weighted by Crippen LogP contribution is 2.29. The quantitative estimate of drug-likeness (QED) is 0.325. The smallest absolute Gasteiger partial charge is 0.228 e. The first-order valence-electron chi connectivity index (χ1n) is 11.5. The minimum absolute atomic E-state index is 0.0109. The molecule has 5 rings (SSSR count). The van der Waals surface area contributed by atoms with Crippen molar-refractivity contribution in [1.82, 2.24) is 24.7 Å². The highest BCUT2D eigenvalue weighted by Gasteiger charge is 2.20. The highest BCUT2D eigenvalue weighted by atomic mass is 35.5. The van der Waals surface area contributed by atoms with E-state index in [1.165, 1.54) is 12.1 Å². The molecular weight excluding hydrogens is 492 g/mol. The zero-order chi connectivity index (χ0) is 25.1. The monoisotopic (exact) mass is 515 g/mol. The Kier molecular flexibility index (Phi) is 7.10. The van der Waals surface area contributed by atoms with Crippen molar-refractivity contribution in [2.75, 3.05) is 30.1 Å². The van der Waals surface area contributed by atoms with Gasteiger partial charge >= 0.3 is 0 Å². The van der Waals surface area contributed by atoms with Crippen molar-refractivity contribution in [2.24, 2.45) is 0 Å². The fourth-order valence-corrected chi connectivity index (χ4v) is 4.14. The summed E-state index contributed by atoms with van der Waals surface area (Å²) in [4.78, 5) is 12.8.